The van der Waals surface area contributed by atoms with E-state index in [2.05, 4.69) is 36.8 Å². The Morgan fingerprint density at radius 1 is 1.07 bits per heavy atom. The van der Waals surface area contributed by atoms with Crippen molar-refractivity contribution in [3.05, 3.63) is 95.8 Å². The molecule has 9 nitrogen and oxygen atoms in total. The van der Waals surface area contributed by atoms with Crippen LogP contribution in [0, 0.1) is 10.1 Å². The maximum Gasteiger partial charge on any atom is 0.269 e. The molecule has 0 N–H and O–H groups in total. The summed E-state index contributed by atoms with van der Waals surface area (Å²) < 4.78 is 12.8. The van der Waals surface area contributed by atoms with Crippen LogP contribution in [-0.2, 0) is 16.1 Å². The van der Waals surface area contributed by atoms with Crippen molar-refractivity contribution in [2.45, 2.75) is 6.61 Å². The van der Waals surface area contributed by atoms with Crippen LogP contribution in [0.15, 0.2) is 79.5 Å². The van der Waals surface area contributed by atoms with Crippen molar-refractivity contribution in [1.82, 2.24) is 4.90 Å². The molecular weight excluding hydrogens is 664 g/mol. The Kier molecular flexibility index (Phi) is 8.89. The molecule has 40 heavy (non-hydrogen) atoms. The number of morpholine rings is 1. The summed E-state index contributed by atoms with van der Waals surface area (Å²) in [7, 11) is 1.72. The van der Waals surface area contributed by atoms with E-state index in [-0.39, 0.29) is 18.2 Å². The lowest BCUT2D eigenvalue weighted by Crippen LogP contribution is -2.36. The highest BCUT2D eigenvalue weighted by Crippen LogP contribution is 2.38. The molecule has 5 rings (SSSR count). The average Bonchev–Trinajstić information content (AvgIpc) is 3.21. The van der Waals surface area contributed by atoms with Crippen molar-refractivity contribution < 1.29 is 19.2 Å². The lowest BCUT2D eigenvalue weighted by Gasteiger charge is -2.28. The van der Waals surface area contributed by atoms with Gasteiger partial charge in [-0.05, 0) is 109 Å². The van der Waals surface area contributed by atoms with Gasteiger partial charge in [0, 0.05) is 38.0 Å². The van der Waals surface area contributed by atoms with E-state index in [1.54, 1.807) is 24.1 Å². The molecule has 3 aromatic rings. The van der Waals surface area contributed by atoms with Crippen molar-refractivity contribution in [1.29, 1.82) is 0 Å². The lowest BCUT2D eigenvalue weighted by molar-refractivity contribution is -0.384. The molecule has 2 fully saturated rings. The summed E-state index contributed by atoms with van der Waals surface area (Å²) in [5.41, 5.74) is 3.55. The van der Waals surface area contributed by atoms with E-state index in [1.807, 2.05) is 42.5 Å². The van der Waals surface area contributed by atoms with Crippen LogP contribution in [0.1, 0.15) is 11.1 Å². The Bertz CT molecular complexity index is 1470. The Labute approximate surface area is 252 Å². The number of nitro groups is 1. The van der Waals surface area contributed by atoms with Gasteiger partial charge >= 0.3 is 0 Å². The number of amides is 1. The SMILES string of the molecule is CN1C(=O)/C(=C/c2cc(Br)c(OCc3ccc([N+](=O)[O-])cc3)c(Br)c2)SC1=Nc1ccc(N2CCOCC2)cc1. The smallest absolute Gasteiger partial charge is 0.269 e. The van der Waals surface area contributed by atoms with Crippen molar-refractivity contribution in [3.63, 3.8) is 0 Å². The van der Waals surface area contributed by atoms with Crippen LogP contribution in [0.5, 0.6) is 5.75 Å². The number of nitro benzene ring substituents is 1. The largest absolute Gasteiger partial charge is 0.487 e. The van der Waals surface area contributed by atoms with Crippen LogP contribution in [0.25, 0.3) is 6.08 Å². The average molecular weight is 688 g/mol. The molecule has 1 amide bonds. The highest BCUT2D eigenvalue weighted by molar-refractivity contribution is 9.11. The molecule has 2 saturated heterocycles. The molecule has 0 saturated carbocycles. The first-order valence-electron chi connectivity index (χ1n) is 12.3. The molecule has 0 aromatic heterocycles. The van der Waals surface area contributed by atoms with E-state index in [4.69, 9.17) is 14.5 Å². The number of carbonyl (C=O) groups excluding carboxylic acids is 1. The van der Waals surface area contributed by atoms with Crippen LogP contribution in [0.2, 0.25) is 0 Å². The highest BCUT2D eigenvalue weighted by atomic mass is 79.9. The van der Waals surface area contributed by atoms with Gasteiger partial charge in [0.1, 0.15) is 12.4 Å². The zero-order valence-corrected chi connectivity index (χ0v) is 25.4. The molecule has 0 unspecified atom stereocenters. The first kappa shape index (κ1) is 28.3. The first-order valence-corrected chi connectivity index (χ1v) is 14.7. The summed E-state index contributed by atoms with van der Waals surface area (Å²) in [4.78, 5) is 32.5. The van der Waals surface area contributed by atoms with Gasteiger partial charge in [0.05, 0.1) is 37.7 Å². The third-order valence-corrected chi connectivity index (χ3v) is 8.54. The van der Waals surface area contributed by atoms with Gasteiger partial charge in [-0.25, -0.2) is 4.99 Å². The number of hydrogen-bond acceptors (Lipinski definition) is 8. The molecule has 0 bridgehead atoms. The lowest BCUT2D eigenvalue weighted by atomic mass is 10.2. The number of nitrogens with zero attached hydrogens (tertiary/aromatic N) is 4. The maximum absolute atomic E-state index is 13.0. The summed E-state index contributed by atoms with van der Waals surface area (Å²) in [6.07, 6.45) is 1.82. The first-order chi connectivity index (χ1) is 19.3. The van der Waals surface area contributed by atoms with Gasteiger partial charge in [-0.1, -0.05) is 0 Å². The topological polar surface area (TPSA) is 97.5 Å². The molecule has 12 heteroatoms. The molecule has 2 heterocycles. The molecular formula is C28H24Br2N4O5S. The molecule has 3 aromatic carbocycles. The van der Waals surface area contributed by atoms with E-state index in [1.165, 1.54) is 23.9 Å². The Morgan fingerprint density at radius 2 is 1.73 bits per heavy atom. The zero-order valence-electron chi connectivity index (χ0n) is 21.4. The number of aliphatic imine (C=N–C) groups is 1. The van der Waals surface area contributed by atoms with E-state index in [0.717, 1.165) is 48.8 Å². The minimum atomic E-state index is -0.436. The van der Waals surface area contributed by atoms with Crippen molar-refractivity contribution in [2.24, 2.45) is 4.99 Å². The fraction of sp³-hybridized carbons (Fsp3) is 0.214. The number of anilines is 1. The van der Waals surface area contributed by atoms with Crippen LogP contribution < -0.4 is 9.64 Å². The standard InChI is InChI=1S/C28H24Br2N4O5S/c1-32-27(35)25(40-28(32)31-20-4-8-21(9-5-20)33-10-12-38-13-11-33)16-19-14-23(29)26(24(30)15-19)39-17-18-2-6-22(7-3-18)34(36)37/h2-9,14-16H,10-13,17H2,1H3/b25-16-,31-28?. The van der Waals surface area contributed by atoms with Crippen LogP contribution >= 0.6 is 43.6 Å². The summed E-state index contributed by atoms with van der Waals surface area (Å²) in [5, 5.41) is 11.5. The second kappa shape index (κ2) is 12.5. The zero-order chi connectivity index (χ0) is 28.2. The third kappa shape index (κ3) is 6.57. The third-order valence-electron chi connectivity index (χ3n) is 6.30. The predicted molar refractivity (Wildman–Crippen MR) is 164 cm³/mol. The number of hydrogen-bond donors (Lipinski definition) is 0. The maximum atomic E-state index is 13.0. The van der Waals surface area contributed by atoms with Gasteiger partial charge in [-0.3, -0.25) is 19.8 Å². The molecule has 0 aliphatic carbocycles. The number of ether oxygens (including phenoxy) is 2. The normalized spacial score (nSPS) is 17.6. The minimum absolute atomic E-state index is 0.0309. The minimum Gasteiger partial charge on any atom is -0.487 e. The van der Waals surface area contributed by atoms with Crippen LogP contribution in [-0.4, -0.2) is 54.2 Å². The summed E-state index contributed by atoms with van der Waals surface area (Å²) >= 11 is 8.44. The number of non-ortho nitro benzene ring substituents is 1. The van der Waals surface area contributed by atoms with Crippen molar-refractivity contribution in [3.8, 4) is 5.75 Å². The summed E-state index contributed by atoms with van der Waals surface area (Å²) in [6.45, 7) is 3.44. The quantitative estimate of drug-likeness (QED) is 0.154. The molecule has 206 valence electrons. The van der Waals surface area contributed by atoms with Gasteiger partial charge in [0.25, 0.3) is 11.6 Å². The second-order valence-corrected chi connectivity index (χ2v) is 11.7. The van der Waals surface area contributed by atoms with Crippen molar-refractivity contribution >= 4 is 77.8 Å². The number of rotatable bonds is 7. The fourth-order valence-electron chi connectivity index (χ4n) is 4.14. The molecule has 0 radical (unpaired) electrons. The van der Waals surface area contributed by atoms with E-state index >= 15 is 0 Å². The Balaban J connectivity index is 1.27. The van der Waals surface area contributed by atoms with Gasteiger partial charge in [-0.15, -0.1) is 0 Å². The van der Waals surface area contributed by atoms with E-state index < -0.39 is 4.92 Å². The van der Waals surface area contributed by atoms with Crippen LogP contribution in [0.4, 0.5) is 17.1 Å². The number of amidine groups is 1. The van der Waals surface area contributed by atoms with Gasteiger partial charge in [0.2, 0.25) is 0 Å². The summed E-state index contributed by atoms with van der Waals surface area (Å²) in [5.74, 6) is 0.463. The van der Waals surface area contributed by atoms with Gasteiger partial charge in [0.15, 0.2) is 5.17 Å². The van der Waals surface area contributed by atoms with Gasteiger partial charge in [-0.2, -0.15) is 0 Å². The van der Waals surface area contributed by atoms with E-state index in [9.17, 15) is 14.9 Å². The highest BCUT2D eigenvalue weighted by Gasteiger charge is 2.30. The van der Waals surface area contributed by atoms with Gasteiger partial charge < -0.3 is 14.4 Å². The molecule has 2 aliphatic heterocycles. The number of halogens is 2. The van der Waals surface area contributed by atoms with Crippen molar-refractivity contribution in [2.75, 3.05) is 38.3 Å². The van der Waals surface area contributed by atoms with Crippen LogP contribution in [0.3, 0.4) is 0 Å². The number of benzene rings is 3. The molecule has 0 atom stereocenters. The summed E-state index contributed by atoms with van der Waals surface area (Å²) in [6, 6.07) is 18.0. The number of likely N-dealkylation sites (N-methyl/N-ethyl adjacent to an activating group) is 1. The molecule has 0 spiro atoms. The molecule has 2 aliphatic rings. The number of thioether (sulfide) groups is 1. The second-order valence-electron chi connectivity index (χ2n) is 9.01. The Morgan fingerprint density at radius 3 is 2.35 bits per heavy atom. The Hall–Kier alpha value is -3.19. The predicted octanol–water partition coefficient (Wildman–Crippen LogP) is 6.77. The monoisotopic (exact) mass is 686 g/mol. The number of carbonyl (C=O) groups is 1. The fourth-order valence-corrected chi connectivity index (χ4v) is 6.58. The van der Waals surface area contributed by atoms with E-state index in [0.29, 0.717) is 24.8 Å².